The second kappa shape index (κ2) is 64.4. The Morgan fingerprint density at radius 1 is 0.267 bits per heavy atom. The summed E-state index contributed by atoms with van der Waals surface area (Å²) in [5.41, 5.74) is 0. The second-order valence-electron chi connectivity index (χ2n) is 23.1. The molecule has 0 aliphatic heterocycles. The summed E-state index contributed by atoms with van der Waals surface area (Å²) in [7, 11) is 0. The molecule has 6 heteroatoms. The number of hydrogen-bond donors (Lipinski definition) is 0. The molecule has 0 spiro atoms. The van der Waals surface area contributed by atoms with Crippen LogP contribution in [0.25, 0.3) is 0 Å². The summed E-state index contributed by atoms with van der Waals surface area (Å²) in [6.07, 6.45) is 77.9. The molecule has 0 aromatic carbocycles. The van der Waals surface area contributed by atoms with Crippen LogP contribution in [0.15, 0.2) is 24.3 Å². The van der Waals surface area contributed by atoms with Crippen molar-refractivity contribution in [1.29, 1.82) is 0 Å². The highest BCUT2D eigenvalue weighted by Crippen LogP contribution is 2.19. The second-order valence-corrected chi connectivity index (χ2v) is 23.1. The molecule has 0 N–H and O–H groups in total. The highest BCUT2D eigenvalue weighted by atomic mass is 16.6. The molecule has 0 saturated carbocycles. The van der Waals surface area contributed by atoms with Crippen molar-refractivity contribution in [2.45, 2.75) is 386 Å². The van der Waals surface area contributed by atoms with Crippen LogP contribution < -0.4 is 0 Å². The maximum atomic E-state index is 12.9. The number of hydrogen-bond acceptors (Lipinski definition) is 6. The Balaban J connectivity index is 4.09. The summed E-state index contributed by atoms with van der Waals surface area (Å²) in [4.78, 5) is 38.3. The average Bonchev–Trinajstić information content (AvgIpc) is 3.41. The molecular formula is C69H130O6. The zero-order valence-electron chi connectivity index (χ0n) is 50.8. The van der Waals surface area contributed by atoms with Gasteiger partial charge in [0.25, 0.3) is 0 Å². The van der Waals surface area contributed by atoms with Gasteiger partial charge in [-0.2, -0.15) is 0 Å². The fraction of sp³-hybridized carbons (Fsp3) is 0.899. The van der Waals surface area contributed by atoms with E-state index < -0.39 is 6.10 Å². The molecule has 75 heavy (non-hydrogen) atoms. The normalized spacial score (nSPS) is 12.1. The van der Waals surface area contributed by atoms with E-state index in [9.17, 15) is 14.4 Å². The van der Waals surface area contributed by atoms with Gasteiger partial charge in [-0.05, 0) is 44.9 Å². The van der Waals surface area contributed by atoms with Crippen LogP contribution in [0.1, 0.15) is 380 Å². The summed E-state index contributed by atoms with van der Waals surface area (Å²) < 4.78 is 16.9. The van der Waals surface area contributed by atoms with Gasteiger partial charge in [0.15, 0.2) is 6.10 Å². The maximum Gasteiger partial charge on any atom is 0.306 e. The summed E-state index contributed by atoms with van der Waals surface area (Å²) in [6.45, 7) is 6.63. The Hall–Kier alpha value is -2.11. The largest absolute Gasteiger partial charge is 0.462 e. The van der Waals surface area contributed by atoms with Crippen LogP contribution in [0.5, 0.6) is 0 Å². The van der Waals surface area contributed by atoms with E-state index in [0.717, 1.165) is 83.5 Å². The van der Waals surface area contributed by atoms with E-state index in [4.69, 9.17) is 14.2 Å². The van der Waals surface area contributed by atoms with Crippen molar-refractivity contribution < 1.29 is 28.6 Å². The lowest BCUT2D eigenvalue weighted by Crippen LogP contribution is -2.30. The van der Waals surface area contributed by atoms with Crippen molar-refractivity contribution in [2.24, 2.45) is 0 Å². The predicted octanol–water partition coefficient (Wildman–Crippen LogP) is 23.0. The first-order valence-electron chi connectivity index (χ1n) is 33.8. The van der Waals surface area contributed by atoms with E-state index in [1.807, 2.05) is 0 Å². The number of unbranched alkanes of at least 4 members (excludes halogenated alkanes) is 48. The van der Waals surface area contributed by atoms with E-state index >= 15 is 0 Å². The first-order valence-corrected chi connectivity index (χ1v) is 33.8. The van der Waals surface area contributed by atoms with Gasteiger partial charge in [-0.1, -0.05) is 340 Å². The molecule has 0 aromatic heterocycles. The minimum Gasteiger partial charge on any atom is -0.462 e. The molecule has 0 heterocycles. The third-order valence-corrected chi connectivity index (χ3v) is 15.4. The quantitative estimate of drug-likeness (QED) is 0.0261. The summed E-state index contributed by atoms with van der Waals surface area (Å²) in [6, 6.07) is 0. The van der Waals surface area contributed by atoms with Gasteiger partial charge in [0.05, 0.1) is 0 Å². The van der Waals surface area contributed by atoms with Crippen LogP contribution >= 0.6 is 0 Å². The summed E-state index contributed by atoms with van der Waals surface area (Å²) >= 11 is 0. The molecule has 1 atom stereocenters. The Morgan fingerprint density at radius 3 is 0.787 bits per heavy atom. The van der Waals surface area contributed by atoms with Crippen molar-refractivity contribution in [2.75, 3.05) is 13.2 Å². The number of esters is 3. The topological polar surface area (TPSA) is 78.9 Å². The smallest absolute Gasteiger partial charge is 0.306 e. The van der Waals surface area contributed by atoms with Gasteiger partial charge in [-0.3, -0.25) is 14.4 Å². The molecule has 0 aromatic rings. The number of carbonyl (C=O) groups is 3. The van der Waals surface area contributed by atoms with Crippen LogP contribution in [0.2, 0.25) is 0 Å². The van der Waals surface area contributed by atoms with Crippen molar-refractivity contribution in [1.82, 2.24) is 0 Å². The lowest BCUT2D eigenvalue weighted by atomic mass is 10.0. The molecule has 0 aliphatic carbocycles. The van der Waals surface area contributed by atoms with Gasteiger partial charge < -0.3 is 14.2 Å². The number of allylic oxidation sites excluding steroid dienone is 4. The van der Waals surface area contributed by atoms with E-state index in [1.54, 1.807) is 0 Å². The monoisotopic (exact) mass is 1050 g/mol. The van der Waals surface area contributed by atoms with E-state index in [0.29, 0.717) is 19.3 Å². The van der Waals surface area contributed by atoms with Crippen LogP contribution in [0, 0.1) is 0 Å². The SMILES string of the molecule is CCC/C=C\C/C=C\CCCCCCCC(=O)OCC(COC(=O)CCCCCCCCCCCCCCCCCCCCCCCCCCCCCCCC)OC(=O)CCCCCCCCCCCCCCCC. The van der Waals surface area contributed by atoms with Crippen LogP contribution in [0.3, 0.4) is 0 Å². The zero-order valence-corrected chi connectivity index (χ0v) is 50.8. The molecule has 6 nitrogen and oxygen atoms in total. The van der Waals surface area contributed by atoms with Gasteiger partial charge in [-0.15, -0.1) is 0 Å². The average molecular weight is 1060 g/mol. The standard InChI is InChI=1S/C69H130O6/c1-4-7-10-13-16-19-22-25-27-28-29-30-31-32-33-34-35-36-37-38-39-40-41-42-45-47-50-53-56-59-62-68(71)74-65-66(64-73-67(70)61-58-55-52-49-46-43-24-21-18-15-12-9-6-3)75-69(72)63-60-57-54-51-48-44-26-23-20-17-14-11-8-5-2/h12,15,21,24,66H,4-11,13-14,16-20,22-23,25-65H2,1-3H3/b15-12-,24-21-. The lowest BCUT2D eigenvalue weighted by molar-refractivity contribution is -0.167. The molecule has 0 saturated heterocycles. The molecule has 0 radical (unpaired) electrons. The molecule has 0 fully saturated rings. The van der Waals surface area contributed by atoms with Crippen LogP contribution in [0.4, 0.5) is 0 Å². The Kier molecular flexibility index (Phi) is 62.6. The summed E-state index contributed by atoms with van der Waals surface area (Å²) in [5.74, 6) is -0.858. The van der Waals surface area contributed by atoms with Gasteiger partial charge in [-0.25, -0.2) is 0 Å². The minimum absolute atomic E-state index is 0.0698. The highest BCUT2D eigenvalue weighted by molar-refractivity contribution is 5.71. The lowest BCUT2D eigenvalue weighted by Gasteiger charge is -2.18. The third kappa shape index (κ3) is 62.6. The van der Waals surface area contributed by atoms with Crippen LogP contribution in [-0.2, 0) is 28.6 Å². The number of rotatable bonds is 63. The van der Waals surface area contributed by atoms with Gasteiger partial charge in [0.1, 0.15) is 13.2 Å². The van der Waals surface area contributed by atoms with Crippen molar-refractivity contribution in [3.8, 4) is 0 Å². The molecule has 0 bridgehead atoms. The minimum atomic E-state index is -0.773. The first-order chi connectivity index (χ1) is 37.0. The van der Waals surface area contributed by atoms with Gasteiger partial charge >= 0.3 is 17.9 Å². The van der Waals surface area contributed by atoms with Crippen LogP contribution in [-0.4, -0.2) is 37.2 Å². The number of carbonyl (C=O) groups excluding carboxylic acids is 3. The molecule has 0 rings (SSSR count). The highest BCUT2D eigenvalue weighted by Gasteiger charge is 2.19. The third-order valence-electron chi connectivity index (χ3n) is 15.4. The fourth-order valence-electron chi connectivity index (χ4n) is 10.4. The Morgan fingerprint density at radius 2 is 0.507 bits per heavy atom. The molecule has 1 unspecified atom stereocenters. The van der Waals surface area contributed by atoms with Crippen molar-refractivity contribution in [3.63, 3.8) is 0 Å². The Bertz CT molecular complexity index is 1210. The first kappa shape index (κ1) is 72.9. The molecule has 442 valence electrons. The Labute approximate surface area is 468 Å². The molecule has 0 amide bonds. The van der Waals surface area contributed by atoms with E-state index in [-0.39, 0.29) is 31.1 Å². The van der Waals surface area contributed by atoms with E-state index in [1.165, 1.54) is 257 Å². The predicted molar refractivity (Wildman–Crippen MR) is 326 cm³/mol. The molecule has 0 aliphatic rings. The van der Waals surface area contributed by atoms with Crippen molar-refractivity contribution in [3.05, 3.63) is 24.3 Å². The van der Waals surface area contributed by atoms with Gasteiger partial charge in [0, 0.05) is 19.3 Å². The zero-order chi connectivity index (χ0) is 54.3. The summed E-state index contributed by atoms with van der Waals surface area (Å²) in [5, 5.41) is 0. The molecular weight excluding hydrogens is 925 g/mol. The fourth-order valence-corrected chi connectivity index (χ4v) is 10.4. The van der Waals surface area contributed by atoms with Crippen molar-refractivity contribution >= 4 is 17.9 Å². The van der Waals surface area contributed by atoms with E-state index in [2.05, 4.69) is 45.1 Å². The van der Waals surface area contributed by atoms with Gasteiger partial charge in [0.2, 0.25) is 0 Å². The maximum absolute atomic E-state index is 12.9. The number of ether oxygens (including phenoxy) is 3.